The SMILES string of the molecule is N#Cc1cccn1CC1CCOCC1. The van der Waals surface area contributed by atoms with Crippen LogP contribution >= 0.6 is 0 Å². The number of hydrogen-bond donors (Lipinski definition) is 0. The van der Waals surface area contributed by atoms with Crippen LogP contribution < -0.4 is 0 Å². The second kappa shape index (κ2) is 4.30. The molecule has 3 nitrogen and oxygen atoms in total. The Kier molecular flexibility index (Phi) is 2.85. The highest BCUT2D eigenvalue weighted by molar-refractivity contribution is 5.21. The van der Waals surface area contributed by atoms with Gasteiger partial charge in [-0.05, 0) is 30.9 Å². The highest BCUT2D eigenvalue weighted by Gasteiger charge is 2.14. The van der Waals surface area contributed by atoms with Crippen molar-refractivity contribution in [3.8, 4) is 6.07 Å². The summed E-state index contributed by atoms with van der Waals surface area (Å²) in [6, 6.07) is 5.99. The Labute approximate surface area is 83.9 Å². The lowest BCUT2D eigenvalue weighted by molar-refractivity contribution is 0.0612. The summed E-state index contributed by atoms with van der Waals surface area (Å²) in [6.07, 6.45) is 4.21. The fourth-order valence-corrected chi connectivity index (χ4v) is 1.88. The van der Waals surface area contributed by atoms with Crippen molar-refractivity contribution in [2.45, 2.75) is 19.4 Å². The van der Waals surface area contributed by atoms with Crippen molar-refractivity contribution in [3.05, 3.63) is 24.0 Å². The third-order valence-corrected chi connectivity index (χ3v) is 2.74. The first-order chi connectivity index (χ1) is 6.90. The summed E-state index contributed by atoms with van der Waals surface area (Å²) in [4.78, 5) is 0. The predicted molar refractivity (Wildman–Crippen MR) is 52.7 cm³/mol. The minimum absolute atomic E-state index is 0.670. The summed E-state index contributed by atoms with van der Waals surface area (Å²) in [5.41, 5.74) is 0.761. The van der Waals surface area contributed by atoms with Crippen LogP contribution in [0, 0.1) is 17.2 Å². The van der Waals surface area contributed by atoms with Crippen LogP contribution in [-0.2, 0) is 11.3 Å². The first kappa shape index (κ1) is 9.29. The number of rotatable bonds is 2. The molecule has 74 valence electrons. The van der Waals surface area contributed by atoms with Crippen molar-refractivity contribution >= 4 is 0 Å². The molecule has 0 aliphatic carbocycles. The van der Waals surface area contributed by atoms with Crippen molar-refractivity contribution in [2.24, 2.45) is 5.92 Å². The van der Waals surface area contributed by atoms with Gasteiger partial charge in [-0.2, -0.15) is 5.26 Å². The highest BCUT2D eigenvalue weighted by atomic mass is 16.5. The molecule has 0 amide bonds. The smallest absolute Gasteiger partial charge is 0.120 e. The van der Waals surface area contributed by atoms with Gasteiger partial charge in [0.25, 0.3) is 0 Å². The Hall–Kier alpha value is -1.27. The molecule has 0 atom stereocenters. The molecule has 0 bridgehead atoms. The molecule has 0 N–H and O–H groups in total. The number of nitrogens with zero attached hydrogens (tertiary/aromatic N) is 2. The Morgan fingerprint density at radius 2 is 2.29 bits per heavy atom. The number of nitriles is 1. The second-order valence-corrected chi connectivity index (χ2v) is 3.71. The molecule has 0 radical (unpaired) electrons. The topological polar surface area (TPSA) is 38.0 Å². The predicted octanol–water partition coefficient (Wildman–Crippen LogP) is 1.79. The average Bonchev–Trinajstić information content (AvgIpc) is 2.67. The molecular weight excluding hydrogens is 176 g/mol. The van der Waals surface area contributed by atoms with Crippen LogP contribution in [0.15, 0.2) is 18.3 Å². The molecule has 0 saturated carbocycles. The molecular formula is C11H14N2O. The monoisotopic (exact) mass is 190 g/mol. The van der Waals surface area contributed by atoms with E-state index in [-0.39, 0.29) is 0 Å². The van der Waals surface area contributed by atoms with Gasteiger partial charge < -0.3 is 9.30 Å². The molecule has 1 aromatic heterocycles. The third kappa shape index (κ3) is 1.97. The summed E-state index contributed by atoms with van der Waals surface area (Å²) in [5.74, 6) is 0.670. The van der Waals surface area contributed by atoms with Crippen LogP contribution in [0.2, 0.25) is 0 Å². The van der Waals surface area contributed by atoms with Gasteiger partial charge in [0.05, 0.1) is 0 Å². The maximum absolute atomic E-state index is 8.84. The summed E-state index contributed by atoms with van der Waals surface area (Å²) in [5, 5.41) is 8.84. The number of hydrogen-bond acceptors (Lipinski definition) is 2. The van der Waals surface area contributed by atoms with Crippen LogP contribution in [0.25, 0.3) is 0 Å². The zero-order chi connectivity index (χ0) is 9.80. The fraction of sp³-hybridized carbons (Fsp3) is 0.545. The van der Waals surface area contributed by atoms with E-state index in [1.165, 1.54) is 0 Å². The van der Waals surface area contributed by atoms with E-state index in [1.54, 1.807) is 0 Å². The summed E-state index contributed by atoms with van der Waals surface area (Å²) in [6.45, 7) is 2.70. The van der Waals surface area contributed by atoms with Gasteiger partial charge in [-0.15, -0.1) is 0 Å². The van der Waals surface area contributed by atoms with E-state index in [0.717, 1.165) is 38.3 Å². The molecule has 1 aromatic rings. The number of ether oxygens (including phenoxy) is 1. The van der Waals surface area contributed by atoms with Gasteiger partial charge in [0.15, 0.2) is 0 Å². The van der Waals surface area contributed by atoms with Crippen LogP contribution in [0.5, 0.6) is 0 Å². The van der Waals surface area contributed by atoms with E-state index < -0.39 is 0 Å². The Bertz CT molecular complexity index is 331. The molecule has 1 aliphatic rings. The van der Waals surface area contributed by atoms with Crippen molar-refractivity contribution in [3.63, 3.8) is 0 Å². The van der Waals surface area contributed by atoms with E-state index in [9.17, 15) is 0 Å². The lowest BCUT2D eigenvalue weighted by Gasteiger charge is -2.22. The minimum atomic E-state index is 0.670. The summed E-state index contributed by atoms with van der Waals surface area (Å²) < 4.78 is 7.34. The van der Waals surface area contributed by atoms with Gasteiger partial charge in [0.2, 0.25) is 0 Å². The van der Waals surface area contributed by atoms with Crippen LogP contribution in [0.1, 0.15) is 18.5 Å². The normalized spacial score (nSPS) is 17.9. The van der Waals surface area contributed by atoms with Crippen LogP contribution in [0.3, 0.4) is 0 Å². The van der Waals surface area contributed by atoms with Crippen LogP contribution in [-0.4, -0.2) is 17.8 Å². The highest BCUT2D eigenvalue weighted by Crippen LogP contribution is 2.17. The third-order valence-electron chi connectivity index (χ3n) is 2.74. The minimum Gasteiger partial charge on any atom is -0.381 e. The largest absolute Gasteiger partial charge is 0.381 e. The van der Waals surface area contributed by atoms with Gasteiger partial charge in [-0.25, -0.2) is 0 Å². The van der Waals surface area contributed by atoms with Gasteiger partial charge in [0, 0.05) is 26.0 Å². The van der Waals surface area contributed by atoms with Gasteiger partial charge in [-0.1, -0.05) is 0 Å². The van der Waals surface area contributed by atoms with Gasteiger partial charge >= 0.3 is 0 Å². The molecule has 3 heteroatoms. The van der Waals surface area contributed by atoms with Crippen molar-refractivity contribution in [2.75, 3.05) is 13.2 Å². The van der Waals surface area contributed by atoms with Crippen molar-refractivity contribution in [1.29, 1.82) is 5.26 Å². The molecule has 0 unspecified atom stereocenters. The van der Waals surface area contributed by atoms with E-state index in [0.29, 0.717) is 5.92 Å². The fourth-order valence-electron chi connectivity index (χ4n) is 1.88. The summed E-state index contributed by atoms with van der Waals surface area (Å²) >= 11 is 0. The molecule has 0 spiro atoms. The Morgan fingerprint density at radius 3 is 3.00 bits per heavy atom. The molecule has 1 fully saturated rings. The van der Waals surface area contributed by atoms with Crippen LogP contribution in [0.4, 0.5) is 0 Å². The summed E-state index contributed by atoms with van der Waals surface area (Å²) in [7, 11) is 0. The molecule has 0 aromatic carbocycles. The zero-order valence-corrected chi connectivity index (χ0v) is 8.15. The van der Waals surface area contributed by atoms with Crippen molar-refractivity contribution < 1.29 is 4.74 Å². The Morgan fingerprint density at radius 1 is 1.50 bits per heavy atom. The average molecular weight is 190 g/mol. The van der Waals surface area contributed by atoms with E-state index in [4.69, 9.17) is 10.00 Å². The molecule has 2 rings (SSSR count). The van der Waals surface area contributed by atoms with Crippen molar-refractivity contribution in [1.82, 2.24) is 4.57 Å². The van der Waals surface area contributed by atoms with E-state index in [2.05, 4.69) is 6.07 Å². The molecule has 1 saturated heterocycles. The zero-order valence-electron chi connectivity index (χ0n) is 8.15. The molecule has 1 aliphatic heterocycles. The standard InChI is InChI=1S/C11H14N2O/c12-8-11-2-1-5-13(11)9-10-3-6-14-7-4-10/h1-2,5,10H,3-4,6-7,9H2. The van der Waals surface area contributed by atoms with E-state index >= 15 is 0 Å². The number of aromatic nitrogens is 1. The maximum atomic E-state index is 8.84. The van der Waals surface area contributed by atoms with E-state index in [1.807, 2.05) is 22.9 Å². The second-order valence-electron chi connectivity index (χ2n) is 3.71. The molecule has 2 heterocycles. The van der Waals surface area contributed by atoms with Gasteiger partial charge in [-0.3, -0.25) is 0 Å². The maximum Gasteiger partial charge on any atom is 0.120 e. The first-order valence-electron chi connectivity index (χ1n) is 5.03. The van der Waals surface area contributed by atoms with Gasteiger partial charge in [0.1, 0.15) is 11.8 Å². The Balaban J connectivity index is 1.99. The lowest BCUT2D eigenvalue weighted by Crippen LogP contribution is -2.20. The first-order valence-corrected chi connectivity index (χ1v) is 5.03. The lowest BCUT2D eigenvalue weighted by atomic mass is 10.0. The molecule has 14 heavy (non-hydrogen) atoms. The quantitative estimate of drug-likeness (QED) is 0.713.